The van der Waals surface area contributed by atoms with E-state index in [1.807, 2.05) is 9.47 Å². The zero-order valence-corrected chi connectivity index (χ0v) is 6.96. The molecule has 0 rings (SSSR count). The van der Waals surface area contributed by atoms with E-state index in [4.69, 9.17) is 15.3 Å². The maximum absolute atomic E-state index is 10.5. The van der Waals surface area contributed by atoms with Gasteiger partial charge in [-0.05, 0) is 0 Å². The SMILES string of the molecule is O=C(CO)[C@H](O)[C@H](O)COP. The van der Waals surface area contributed by atoms with Crippen LogP contribution in [0.4, 0.5) is 0 Å². The fourth-order valence-corrected chi connectivity index (χ4v) is 0.695. The van der Waals surface area contributed by atoms with E-state index in [9.17, 15) is 4.79 Å². The van der Waals surface area contributed by atoms with Crippen LogP contribution in [0.15, 0.2) is 0 Å². The summed E-state index contributed by atoms with van der Waals surface area (Å²) in [6.07, 6.45) is -2.85. The molecule has 0 aliphatic carbocycles. The van der Waals surface area contributed by atoms with Gasteiger partial charge in [-0.2, -0.15) is 0 Å². The van der Waals surface area contributed by atoms with Gasteiger partial charge in [0.15, 0.2) is 5.78 Å². The molecule has 0 aromatic carbocycles. The lowest BCUT2D eigenvalue weighted by Gasteiger charge is -2.13. The van der Waals surface area contributed by atoms with Crippen molar-refractivity contribution in [3.05, 3.63) is 0 Å². The lowest BCUT2D eigenvalue weighted by molar-refractivity contribution is -0.136. The highest BCUT2D eigenvalue weighted by Gasteiger charge is 2.22. The third-order valence-corrected chi connectivity index (χ3v) is 1.31. The first kappa shape index (κ1) is 10.9. The van der Waals surface area contributed by atoms with Crippen LogP contribution in [0.3, 0.4) is 0 Å². The molecule has 5 nitrogen and oxygen atoms in total. The summed E-state index contributed by atoms with van der Waals surface area (Å²) in [6, 6.07) is 0. The summed E-state index contributed by atoms with van der Waals surface area (Å²) in [4.78, 5) is 10.5. The zero-order valence-electron chi connectivity index (χ0n) is 5.80. The van der Waals surface area contributed by atoms with E-state index in [2.05, 4.69) is 4.52 Å². The normalized spacial score (nSPS) is 16.0. The monoisotopic (exact) mass is 182 g/mol. The van der Waals surface area contributed by atoms with Gasteiger partial charge in [0.2, 0.25) is 0 Å². The van der Waals surface area contributed by atoms with Gasteiger partial charge in [-0.3, -0.25) is 4.79 Å². The number of hydrogen-bond donors (Lipinski definition) is 3. The van der Waals surface area contributed by atoms with Gasteiger partial charge >= 0.3 is 0 Å². The number of ketones is 1. The molecule has 66 valence electrons. The lowest BCUT2D eigenvalue weighted by atomic mass is 10.1. The molecule has 0 heterocycles. The highest BCUT2D eigenvalue weighted by atomic mass is 31.0. The molecule has 0 amide bonds. The average molecular weight is 182 g/mol. The van der Waals surface area contributed by atoms with E-state index in [1.165, 1.54) is 0 Å². The van der Waals surface area contributed by atoms with Crippen molar-refractivity contribution in [1.29, 1.82) is 0 Å². The molecule has 6 heteroatoms. The quantitative estimate of drug-likeness (QED) is 0.431. The van der Waals surface area contributed by atoms with Crippen molar-refractivity contribution in [1.82, 2.24) is 0 Å². The van der Waals surface area contributed by atoms with Crippen LogP contribution >= 0.6 is 9.47 Å². The molecule has 0 aliphatic rings. The van der Waals surface area contributed by atoms with Crippen molar-refractivity contribution in [2.45, 2.75) is 12.2 Å². The number of carbonyl (C=O) groups excluding carboxylic acids is 1. The smallest absolute Gasteiger partial charge is 0.189 e. The van der Waals surface area contributed by atoms with E-state index < -0.39 is 24.6 Å². The molecule has 0 aliphatic heterocycles. The summed E-state index contributed by atoms with van der Waals surface area (Å²) < 4.78 is 4.39. The summed E-state index contributed by atoms with van der Waals surface area (Å²) in [5, 5.41) is 26.0. The number of carbonyl (C=O) groups is 1. The largest absolute Gasteiger partial charge is 0.388 e. The Morgan fingerprint density at radius 3 is 2.45 bits per heavy atom. The van der Waals surface area contributed by atoms with Crippen molar-refractivity contribution >= 4 is 15.2 Å². The molecule has 0 fully saturated rings. The van der Waals surface area contributed by atoms with Crippen molar-refractivity contribution in [3.63, 3.8) is 0 Å². The van der Waals surface area contributed by atoms with Gasteiger partial charge in [0, 0.05) is 9.47 Å². The predicted octanol–water partition coefficient (Wildman–Crippen LogP) is -1.92. The fraction of sp³-hybridized carbons (Fsp3) is 0.800. The zero-order chi connectivity index (χ0) is 8.85. The molecule has 3 atom stereocenters. The summed E-state index contributed by atoms with van der Waals surface area (Å²) >= 11 is 0. The Morgan fingerprint density at radius 2 is 2.09 bits per heavy atom. The van der Waals surface area contributed by atoms with Gasteiger partial charge < -0.3 is 19.8 Å². The molecule has 0 spiro atoms. The van der Waals surface area contributed by atoms with E-state index in [-0.39, 0.29) is 6.61 Å². The average Bonchev–Trinajstić information content (AvgIpc) is 2.02. The molecule has 0 aromatic rings. The molecular formula is C5H11O5P. The first-order chi connectivity index (χ1) is 5.13. The number of rotatable bonds is 5. The topological polar surface area (TPSA) is 87.0 Å². The van der Waals surface area contributed by atoms with Crippen molar-refractivity contribution < 1.29 is 24.6 Å². The van der Waals surface area contributed by atoms with Gasteiger partial charge in [-0.1, -0.05) is 0 Å². The Morgan fingerprint density at radius 1 is 1.55 bits per heavy atom. The summed E-state index contributed by atoms with van der Waals surface area (Å²) in [5.41, 5.74) is 0. The van der Waals surface area contributed by atoms with Crippen LogP contribution in [0.25, 0.3) is 0 Å². The standard InChI is InChI=1S/C5H11O5P/c6-1-3(7)5(9)4(8)2-10-11/h4-6,8-9H,1-2,11H2/t4-,5+/m1/s1. The van der Waals surface area contributed by atoms with Crippen LogP contribution < -0.4 is 0 Å². The fourth-order valence-electron chi connectivity index (χ4n) is 0.498. The maximum Gasteiger partial charge on any atom is 0.189 e. The second-order valence-corrected chi connectivity index (χ2v) is 2.30. The predicted molar refractivity (Wildman–Crippen MR) is 39.8 cm³/mol. The third kappa shape index (κ3) is 3.74. The van der Waals surface area contributed by atoms with Crippen LogP contribution in [0.2, 0.25) is 0 Å². The number of aliphatic hydroxyl groups excluding tert-OH is 3. The lowest BCUT2D eigenvalue weighted by Crippen LogP contribution is -2.38. The van der Waals surface area contributed by atoms with Gasteiger partial charge in [-0.15, -0.1) is 0 Å². The number of aliphatic hydroxyl groups is 3. The summed E-state index contributed by atoms with van der Waals surface area (Å²) in [7, 11) is 1.87. The molecule has 0 bridgehead atoms. The van der Waals surface area contributed by atoms with Gasteiger partial charge in [0.05, 0.1) is 6.61 Å². The highest BCUT2D eigenvalue weighted by Crippen LogP contribution is 1.98. The minimum atomic E-state index is -1.57. The van der Waals surface area contributed by atoms with Crippen molar-refractivity contribution in [3.8, 4) is 0 Å². The Balaban J connectivity index is 3.80. The van der Waals surface area contributed by atoms with Crippen LogP contribution in [0.5, 0.6) is 0 Å². The van der Waals surface area contributed by atoms with E-state index in [0.29, 0.717) is 0 Å². The van der Waals surface area contributed by atoms with Crippen molar-refractivity contribution in [2.24, 2.45) is 0 Å². The van der Waals surface area contributed by atoms with Crippen LogP contribution in [0.1, 0.15) is 0 Å². The van der Waals surface area contributed by atoms with Gasteiger partial charge in [-0.25, -0.2) is 0 Å². The number of Topliss-reactive ketones (excluding diaryl/α,β-unsaturated/α-hetero) is 1. The molecule has 0 saturated heterocycles. The molecule has 0 saturated carbocycles. The molecule has 11 heavy (non-hydrogen) atoms. The molecule has 3 N–H and O–H groups in total. The van der Waals surface area contributed by atoms with Crippen LogP contribution in [-0.4, -0.2) is 46.5 Å². The molecule has 0 radical (unpaired) electrons. The highest BCUT2D eigenvalue weighted by molar-refractivity contribution is 7.09. The molecule has 1 unspecified atom stereocenters. The van der Waals surface area contributed by atoms with Gasteiger partial charge in [0.25, 0.3) is 0 Å². The molecule has 0 aromatic heterocycles. The van der Waals surface area contributed by atoms with Crippen molar-refractivity contribution in [2.75, 3.05) is 13.2 Å². The second-order valence-electron chi connectivity index (χ2n) is 1.97. The maximum atomic E-state index is 10.5. The Bertz CT molecular complexity index is 128. The van der Waals surface area contributed by atoms with E-state index in [0.717, 1.165) is 0 Å². The van der Waals surface area contributed by atoms with Gasteiger partial charge in [0.1, 0.15) is 18.8 Å². The van der Waals surface area contributed by atoms with Crippen LogP contribution in [-0.2, 0) is 9.32 Å². The Kier molecular flexibility index (Phi) is 5.54. The van der Waals surface area contributed by atoms with Crippen LogP contribution in [0, 0.1) is 0 Å². The minimum Gasteiger partial charge on any atom is -0.388 e. The summed E-state index contributed by atoms with van der Waals surface area (Å²) in [5.74, 6) is -0.820. The third-order valence-electron chi connectivity index (χ3n) is 1.12. The van der Waals surface area contributed by atoms with E-state index in [1.54, 1.807) is 0 Å². The molecular weight excluding hydrogens is 171 g/mol. The van der Waals surface area contributed by atoms with E-state index >= 15 is 0 Å². The minimum absolute atomic E-state index is 0.169. The first-order valence-electron chi connectivity index (χ1n) is 2.94. The Labute approximate surface area is 66.3 Å². The Hall–Kier alpha value is -0.0600. The second kappa shape index (κ2) is 5.57. The number of hydrogen-bond acceptors (Lipinski definition) is 5. The first-order valence-corrected chi connectivity index (χ1v) is 3.42. The summed E-state index contributed by atoms with van der Waals surface area (Å²) in [6.45, 7) is -0.952.